The normalized spacial score (nSPS) is 12.9. The quantitative estimate of drug-likeness (QED) is 0.290. The summed E-state index contributed by atoms with van der Waals surface area (Å²) in [4.78, 5) is 22.7. The van der Waals surface area contributed by atoms with Gasteiger partial charge in [0.2, 0.25) is 0 Å². The van der Waals surface area contributed by atoms with Crippen molar-refractivity contribution >= 4 is 11.6 Å². The van der Waals surface area contributed by atoms with Crippen molar-refractivity contribution in [2.45, 2.75) is 18.8 Å². The van der Waals surface area contributed by atoms with Gasteiger partial charge in [-0.2, -0.15) is 13.9 Å². The third-order valence-electron chi connectivity index (χ3n) is 4.54. The van der Waals surface area contributed by atoms with Gasteiger partial charge in [-0.25, -0.2) is 0 Å². The summed E-state index contributed by atoms with van der Waals surface area (Å²) in [6, 6.07) is 11.0. The molecule has 0 radical (unpaired) electrons. The molecule has 12 heteroatoms. The molecule has 0 saturated heterocycles. The second kappa shape index (κ2) is 9.94. The van der Waals surface area contributed by atoms with Crippen molar-refractivity contribution in [3.8, 4) is 17.0 Å². The van der Waals surface area contributed by atoms with Gasteiger partial charge in [-0.15, -0.1) is 0 Å². The number of H-pyrrole nitrogens is 1. The first-order chi connectivity index (χ1) is 15.3. The fourth-order valence-electron chi connectivity index (χ4n) is 2.89. The molecular weight excluding hydrogens is 430 g/mol. The number of halogens is 2. The summed E-state index contributed by atoms with van der Waals surface area (Å²) in [6.07, 6.45) is -1.32. The molecule has 2 atom stereocenters. The molecule has 1 heterocycles. The van der Waals surface area contributed by atoms with E-state index >= 15 is 0 Å². The summed E-state index contributed by atoms with van der Waals surface area (Å²) >= 11 is 0. The Morgan fingerprint density at radius 3 is 2.41 bits per heavy atom. The van der Waals surface area contributed by atoms with Crippen LogP contribution in [0.3, 0.4) is 0 Å². The summed E-state index contributed by atoms with van der Waals surface area (Å²) in [7, 11) is 0. The number of non-ortho nitro benzene ring substituents is 1. The Labute approximate surface area is 179 Å². The predicted molar refractivity (Wildman–Crippen MR) is 107 cm³/mol. The number of amides is 1. The molecule has 4 N–H and O–H groups in total. The second-order valence-electron chi connectivity index (χ2n) is 6.63. The van der Waals surface area contributed by atoms with Crippen LogP contribution in [-0.4, -0.2) is 50.5 Å². The van der Waals surface area contributed by atoms with E-state index in [0.717, 1.165) is 0 Å². The number of nitro benzene ring substituents is 1. The zero-order valence-corrected chi connectivity index (χ0v) is 16.3. The van der Waals surface area contributed by atoms with E-state index in [2.05, 4.69) is 20.3 Å². The lowest BCUT2D eigenvalue weighted by molar-refractivity contribution is -0.384. The predicted octanol–water partition coefficient (Wildman–Crippen LogP) is 2.41. The summed E-state index contributed by atoms with van der Waals surface area (Å²) < 4.78 is 28.8. The van der Waals surface area contributed by atoms with Crippen LogP contribution in [0.4, 0.5) is 14.5 Å². The molecule has 1 amide bonds. The van der Waals surface area contributed by atoms with E-state index in [1.165, 1.54) is 54.6 Å². The molecule has 0 bridgehead atoms. The molecule has 0 spiro atoms. The zero-order chi connectivity index (χ0) is 23.3. The number of carbonyl (C=O) groups excluding carboxylic acids is 1. The van der Waals surface area contributed by atoms with Crippen molar-refractivity contribution < 1.29 is 33.4 Å². The molecule has 3 rings (SSSR count). The van der Waals surface area contributed by atoms with Crippen LogP contribution in [0.25, 0.3) is 11.3 Å². The number of nitrogens with one attached hydrogen (secondary N) is 2. The van der Waals surface area contributed by atoms with E-state index in [4.69, 9.17) is 0 Å². The minimum absolute atomic E-state index is 0.0247. The highest BCUT2D eigenvalue weighted by molar-refractivity contribution is 5.93. The average Bonchev–Trinajstić information content (AvgIpc) is 3.27. The van der Waals surface area contributed by atoms with E-state index in [0.29, 0.717) is 11.3 Å². The Balaban J connectivity index is 1.68. The van der Waals surface area contributed by atoms with Gasteiger partial charge >= 0.3 is 6.61 Å². The highest BCUT2D eigenvalue weighted by Gasteiger charge is 2.24. The Hall–Kier alpha value is -3.90. The van der Waals surface area contributed by atoms with Crippen LogP contribution in [0, 0.1) is 10.1 Å². The van der Waals surface area contributed by atoms with Crippen LogP contribution < -0.4 is 10.1 Å². The third kappa shape index (κ3) is 5.42. The maximum atomic E-state index is 12.5. The topological polar surface area (TPSA) is 151 Å². The van der Waals surface area contributed by atoms with Crippen LogP contribution >= 0.6 is 0 Å². The lowest BCUT2D eigenvalue weighted by Gasteiger charge is -2.22. The van der Waals surface area contributed by atoms with Crippen LogP contribution in [-0.2, 0) is 0 Å². The number of alkyl halides is 2. The largest absolute Gasteiger partial charge is 0.435 e. The Morgan fingerprint density at radius 1 is 1.19 bits per heavy atom. The molecule has 0 aliphatic rings. The van der Waals surface area contributed by atoms with Crippen LogP contribution in [0.15, 0.2) is 54.6 Å². The Kier molecular flexibility index (Phi) is 7.07. The summed E-state index contributed by atoms with van der Waals surface area (Å²) in [6.45, 7) is -3.54. The lowest BCUT2D eigenvalue weighted by Crippen LogP contribution is -2.42. The standard InChI is InChI=1S/C20H18F2N4O6/c21-20(22)32-14-7-3-11(4-8-14)15-9-16(25-24-15)19(29)23-17(10-27)18(28)12-1-5-13(6-2-12)26(30)31/h1-9,17-18,20,27-28H,10H2,(H,23,29)(H,24,25). The number of nitro groups is 1. The number of aliphatic hydroxyl groups excluding tert-OH is 2. The third-order valence-corrected chi connectivity index (χ3v) is 4.54. The molecule has 0 saturated carbocycles. The molecule has 2 unspecified atom stereocenters. The van der Waals surface area contributed by atoms with E-state index < -0.39 is 36.2 Å². The molecule has 10 nitrogen and oxygen atoms in total. The maximum absolute atomic E-state index is 12.5. The number of benzene rings is 2. The molecule has 2 aromatic carbocycles. The number of ether oxygens (including phenoxy) is 1. The van der Waals surface area contributed by atoms with Gasteiger partial charge in [0, 0.05) is 17.7 Å². The van der Waals surface area contributed by atoms with Gasteiger partial charge in [0.15, 0.2) is 0 Å². The van der Waals surface area contributed by atoms with Crippen LogP contribution in [0.2, 0.25) is 0 Å². The SMILES string of the molecule is O=C(NC(CO)C(O)c1ccc([N+](=O)[O-])cc1)c1cc(-c2ccc(OC(F)F)cc2)n[nH]1. The van der Waals surface area contributed by atoms with Gasteiger partial charge in [0.1, 0.15) is 17.5 Å². The second-order valence-corrected chi connectivity index (χ2v) is 6.63. The van der Waals surface area contributed by atoms with Gasteiger partial charge in [0.25, 0.3) is 11.6 Å². The van der Waals surface area contributed by atoms with Gasteiger partial charge in [0.05, 0.1) is 23.3 Å². The molecule has 0 fully saturated rings. The number of hydrogen-bond acceptors (Lipinski definition) is 7. The van der Waals surface area contributed by atoms with E-state index in [-0.39, 0.29) is 22.7 Å². The smallest absolute Gasteiger partial charge is 0.387 e. The molecule has 3 aromatic rings. The highest BCUT2D eigenvalue weighted by atomic mass is 19.3. The van der Waals surface area contributed by atoms with Gasteiger partial charge in [-0.1, -0.05) is 0 Å². The maximum Gasteiger partial charge on any atom is 0.387 e. The van der Waals surface area contributed by atoms with Gasteiger partial charge in [-0.05, 0) is 48.0 Å². The van der Waals surface area contributed by atoms with E-state index in [1.54, 1.807) is 0 Å². The van der Waals surface area contributed by atoms with Crippen molar-refractivity contribution in [1.82, 2.24) is 15.5 Å². The molecular formula is C20H18F2N4O6. The number of aliphatic hydroxyl groups is 2. The summed E-state index contributed by atoms with van der Waals surface area (Å²) in [5.74, 6) is -0.690. The van der Waals surface area contributed by atoms with Gasteiger partial charge < -0.3 is 20.3 Å². The van der Waals surface area contributed by atoms with Gasteiger partial charge in [-0.3, -0.25) is 20.0 Å². The number of hydrogen-bond donors (Lipinski definition) is 4. The monoisotopic (exact) mass is 448 g/mol. The number of nitrogens with zero attached hydrogens (tertiary/aromatic N) is 2. The fourth-order valence-corrected chi connectivity index (χ4v) is 2.89. The number of carbonyl (C=O) groups is 1. The molecule has 0 aliphatic heterocycles. The number of rotatable bonds is 9. The van der Waals surface area contributed by atoms with Crippen molar-refractivity contribution in [3.05, 3.63) is 76.0 Å². The molecule has 168 valence electrons. The zero-order valence-electron chi connectivity index (χ0n) is 16.3. The Bertz CT molecular complexity index is 1070. The van der Waals surface area contributed by atoms with Crippen molar-refractivity contribution in [1.29, 1.82) is 0 Å². The first kappa shape index (κ1) is 22.8. The molecule has 0 aliphatic carbocycles. The summed E-state index contributed by atoms with van der Waals surface area (Å²) in [5.41, 5.74) is 1.03. The average molecular weight is 448 g/mol. The van der Waals surface area contributed by atoms with E-state index in [9.17, 15) is 33.9 Å². The van der Waals surface area contributed by atoms with Crippen molar-refractivity contribution in [2.75, 3.05) is 6.61 Å². The van der Waals surface area contributed by atoms with Crippen LogP contribution in [0.1, 0.15) is 22.2 Å². The fraction of sp³-hybridized carbons (Fsp3) is 0.200. The number of aromatic amines is 1. The number of aromatic nitrogens is 2. The molecule has 32 heavy (non-hydrogen) atoms. The lowest BCUT2D eigenvalue weighted by atomic mass is 10.0. The van der Waals surface area contributed by atoms with Crippen molar-refractivity contribution in [2.24, 2.45) is 0 Å². The minimum atomic E-state index is -2.94. The Morgan fingerprint density at radius 2 is 1.84 bits per heavy atom. The summed E-state index contributed by atoms with van der Waals surface area (Å²) in [5, 5.41) is 39.8. The highest BCUT2D eigenvalue weighted by Crippen LogP contribution is 2.23. The first-order valence-electron chi connectivity index (χ1n) is 9.23. The van der Waals surface area contributed by atoms with Crippen molar-refractivity contribution in [3.63, 3.8) is 0 Å². The minimum Gasteiger partial charge on any atom is -0.435 e. The molecule has 1 aromatic heterocycles. The first-order valence-corrected chi connectivity index (χ1v) is 9.23. The van der Waals surface area contributed by atoms with E-state index in [1.807, 2.05) is 0 Å². The van der Waals surface area contributed by atoms with Crippen LogP contribution in [0.5, 0.6) is 5.75 Å².